The second kappa shape index (κ2) is 4.68. The molecule has 1 atom stereocenters. The van der Waals surface area contributed by atoms with Gasteiger partial charge >= 0.3 is 0 Å². The van der Waals surface area contributed by atoms with E-state index in [2.05, 4.69) is 0 Å². The first-order valence-corrected chi connectivity index (χ1v) is 5.97. The third-order valence-corrected chi connectivity index (χ3v) is 3.25. The molecule has 0 saturated heterocycles. The van der Waals surface area contributed by atoms with Crippen molar-refractivity contribution in [3.05, 3.63) is 23.8 Å². The highest BCUT2D eigenvalue weighted by atomic mass is 16.2. The summed E-state index contributed by atoms with van der Waals surface area (Å²) in [6.07, 6.45) is 1.14. The van der Waals surface area contributed by atoms with Crippen LogP contribution in [0, 0.1) is 5.92 Å². The first-order valence-electron chi connectivity index (χ1n) is 5.97. The number of nitrogen functional groups attached to an aromatic ring is 1. The lowest BCUT2D eigenvalue weighted by molar-refractivity contribution is -0.121. The Morgan fingerprint density at radius 3 is 2.83 bits per heavy atom. The fourth-order valence-corrected chi connectivity index (χ4v) is 2.14. The molecular formula is C13H17N3O2. The Morgan fingerprint density at radius 1 is 1.44 bits per heavy atom. The van der Waals surface area contributed by atoms with Gasteiger partial charge in [-0.05, 0) is 30.2 Å². The minimum atomic E-state index is -0.398. The van der Waals surface area contributed by atoms with Gasteiger partial charge in [0.25, 0.3) is 0 Å². The lowest BCUT2D eigenvalue weighted by atomic mass is 9.99. The maximum Gasteiger partial charge on any atom is 0.227 e. The van der Waals surface area contributed by atoms with E-state index in [-0.39, 0.29) is 11.8 Å². The molecule has 1 aromatic carbocycles. The van der Waals surface area contributed by atoms with Crippen LogP contribution in [0.4, 0.5) is 11.4 Å². The summed E-state index contributed by atoms with van der Waals surface area (Å²) in [6.45, 7) is 2.05. The molecule has 1 unspecified atom stereocenters. The number of aryl methyl sites for hydroxylation is 1. The Hall–Kier alpha value is -2.04. The van der Waals surface area contributed by atoms with Crippen molar-refractivity contribution in [3.8, 4) is 0 Å². The molecule has 2 rings (SSSR count). The number of primary amides is 1. The van der Waals surface area contributed by atoms with Gasteiger partial charge in [0.2, 0.25) is 11.8 Å². The largest absolute Gasteiger partial charge is 0.399 e. The third-order valence-electron chi connectivity index (χ3n) is 3.25. The maximum absolute atomic E-state index is 11.9. The SMILES string of the molecule is CC(CN1C(=O)CCc2cc(N)ccc21)C(N)=O. The molecule has 2 amide bonds. The van der Waals surface area contributed by atoms with E-state index >= 15 is 0 Å². The molecule has 0 radical (unpaired) electrons. The average Bonchev–Trinajstić information content (AvgIpc) is 2.32. The number of carbonyl (C=O) groups excluding carboxylic acids is 2. The number of hydrogen-bond donors (Lipinski definition) is 2. The van der Waals surface area contributed by atoms with Crippen molar-refractivity contribution in [1.29, 1.82) is 0 Å². The molecule has 1 aliphatic heterocycles. The van der Waals surface area contributed by atoms with Crippen molar-refractivity contribution in [2.75, 3.05) is 17.2 Å². The first-order chi connectivity index (χ1) is 8.49. The molecule has 1 heterocycles. The number of fused-ring (bicyclic) bond motifs is 1. The lowest BCUT2D eigenvalue weighted by Gasteiger charge is -2.31. The molecule has 0 fully saturated rings. The number of nitrogens with zero attached hydrogens (tertiary/aromatic N) is 1. The molecule has 0 saturated carbocycles. The molecular weight excluding hydrogens is 230 g/mol. The molecule has 18 heavy (non-hydrogen) atoms. The number of hydrogen-bond acceptors (Lipinski definition) is 3. The number of amides is 2. The molecule has 5 nitrogen and oxygen atoms in total. The molecule has 0 bridgehead atoms. The summed E-state index contributed by atoms with van der Waals surface area (Å²) in [4.78, 5) is 24.7. The van der Waals surface area contributed by atoms with Crippen LogP contribution in [0.15, 0.2) is 18.2 Å². The number of benzene rings is 1. The smallest absolute Gasteiger partial charge is 0.227 e. The predicted octanol–water partition coefficient (Wildman–Crippen LogP) is 0.669. The summed E-state index contributed by atoms with van der Waals surface area (Å²) in [5.74, 6) is -0.733. The minimum Gasteiger partial charge on any atom is -0.399 e. The van der Waals surface area contributed by atoms with Crippen molar-refractivity contribution < 1.29 is 9.59 Å². The monoisotopic (exact) mass is 247 g/mol. The van der Waals surface area contributed by atoms with E-state index in [1.165, 1.54) is 0 Å². The van der Waals surface area contributed by atoms with E-state index < -0.39 is 5.91 Å². The summed E-state index contributed by atoms with van der Waals surface area (Å²) >= 11 is 0. The van der Waals surface area contributed by atoms with Gasteiger partial charge in [-0.25, -0.2) is 0 Å². The molecule has 1 aliphatic rings. The summed E-state index contributed by atoms with van der Waals surface area (Å²) in [5.41, 5.74) is 13.6. The van der Waals surface area contributed by atoms with Crippen molar-refractivity contribution in [1.82, 2.24) is 0 Å². The summed E-state index contributed by atoms with van der Waals surface area (Å²) in [5, 5.41) is 0. The Kier molecular flexibility index (Phi) is 3.23. The fourth-order valence-electron chi connectivity index (χ4n) is 2.14. The number of nitrogens with two attached hydrogens (primary N) is 2. The van der Waals surface area contributed by atoms with E-state index in [1.807, 2.05) is 12.1 Å². The second-order valence-corrected chi connectivity index (χ2v) is 4.70. The van der Waals surface area contributed by atoms with Crippen LogP contribution >= 0.6 is 0 Å². The minimum absolute atomic E-state index is 0.0281. The van der Waals surface area contributed by atoms with E-state index in [0.717, 1.165) is 11.3 Å². The van der Waals surface area contributed by atoms with Gasteiger partial charge in [-0.3, -0.25) is 9.59 Å². The summed E-state index contributed by atoms with van der Waals surface area (Å²) in [6, 6.07) is 5.47. The van der Waals surface area contributed by atoms with Crippen LogP contribution in [0.5, 0.6) is 0 Å². The van der Waals surface area contributed by atoms with Crippen molar-refractivity contribution in [2.24, 2.45) is 11.7 Å². The number of anilines is 2. The van der Waals surface area contributed by atoms with Crippen molar-refractivity contribution in [2.45, 2.75) is 19.8 Å². The van der Waals surface area contributed by atoms with Gasteiger partial charge in [-0.2, -0.15) is 0 Å². The van der Waals surface area contributed by atoms with E-state index in [1.54, 1.807) is 17.9 Å². The quantitative estimate of drug-likeness (QED) is 0.769. The van der Waals surface area contributed by atoms with Gasteiger partial charge < -0.3 is 16.4 Å². The second-order valence-electron chi connectivity index (χ2n) is 4.70. The molecule has 0 spiro atoms. The zero-order valence-electron chi connectivity index (χ0n) is 10.3. The van der Waals surface area contributed by atoms with Crippen LogP contribution < -0.4 is 16.4 Å². The van der Waals surface area contributed by atoms with E-state index in [4.69, 9.17) is 11.5 Å². The number of carbonyl (C=O) groups is 2. The zero-order chi connectivity index (χ0) is 13.3. The van der Waals surface area contributed by atoms with Gasteiger partial charge in [0.1, 0.15) is 0 Å². The highest BCUT2D eigenvalue weighted by Crippen LogP contribution is 2.30. The molecule has 4 N–H and O–H groups in total. The molecule has 1 aromatic rings. The van der Waals surface area contributed by atoms with Crippen LogP contribution in [0.3, 0.4) is 0 Å². The molecule has 5 heteroatoms. The van der Waals surface area contributed by atoms with Crippen LogP contribution in [0.1, 0.15) is 18.9 Å². The van der Waals surface area contributed by atoms with Gasteiger partial charge in [-0.15, -0.1) is 0 Å². The molecule has 0 aliphatic carbocycles. The normalized spacial score (nSPS) is 16.3. The Labute approximate surface area is 106 Å². The van der Waals surface area contributed by atoms with Crippen LogP contribution in [-0.2, 0) is 16.0 Å². The number of rotatable bonds is 3. The topological polar surface area (TPSA) is 89.4 Å². The standard InChI is InChI=1S/C13H17N3O2/c1-8(13(15)18)7-16-11-4-3-10(14)6-9(11)2-5-12(16)17/h3-4,6,8H,2,5,7,14H2,1H3,(H2,15,18). The Balaban J connectivity index is 2.30. The van der Waals surface area contributed by atoms with E-state index in [0.29, 0.717) is 25.1 Å². The first kappa shape index (κ1) is 12.4. The maximum atomic E-state index is 11.9. The third kappa shape index (κ3) is 2.30. The lowest BCUT2D eigenvalue weighted by Crippen LogP contribution is -2.41. The van der Waals surface area contributed by atoms with Crippen molar-refractivity contribution >= 4 is 23.2 Å². The van der Waals surface area contributed by atoms with E-state index in [9.17, 15) is 9.59 Å². The highest BCUT2D eigenvalue weighted by Gasteiger charge is 2.26. The van der Waals surface area contributed by atoms with Gasteiger partial charge in [0, 0.05) is 24.3 Å². The van der Waals surface area contributed by atoms with Crippen molar-refractivity contribution in [3.63, 3.8) is 0 Å². The highest BCUT2D eigenvalue weighted by molar-refractivity contribution is 5.97. The summed E-state index contributed by atoms with van der Waals surface area (Å²) in [7, 11) is 0. The fraction of sp³-hybridized carbons (Fsp3) is 0.385. The van der Waals surface area contributed by atoms with Crippen LogP contribution in [-0.4, -0.2) is 18.4 Å². The van der Waals surface area contributed by atoms with Gasteiger partial charge in [0.05, 0.1) is 5.92 Å². The Morgan fingerprint density at radius 2 is 2.17 bits per heavy atom. The van der Waals surface area contributed by atoms with Gasteiger partial charge in [0.15, 0.2) is 0 Å². The van der Waals surface area contributed by atoms with Crippen LogP contribution in [0.2, 0.25) is 0 Å². The summed E-state index contributed by atoms with van der Waals surface area (Å²) < 4.78 is 0. The predicted molar refractivity (Wildman–Crippen MR) is 69.9 cm³/mol. The molecule has 0 aromatic heterocycles. The zero-order valence-corrected chi connectivity index (χ0v) is 10.3. The average molecular weight is 247 g/mol. The Bertz CT molecular complexity index is 499. The molecule has 96 valence electrons. The van der Waals surface area contributed by atoms with Gasteiger partial charge in [-0.1, -0.05) is 6.92 Å². The van der Waals surface area contributed by atoms with Crippen LogP contribution in [0.25, 0.3) is 0 Å².